The highest BCUT2D eigenvalue weighted by Gasteiger charge is 2.25. The van der Waals surface area contributed by atoms with E-state index in [1.54, 1.807) is 0 Å². The third kappa shape index (κ3) is 1.96. The second kappa shape index (κ2) is 4.50. The summed E-state index contributed by atoms with van der Waals surface area (Å²) in [6.07, 6.45) is 4.32. The fourth-order valence-electron chi connectivity index (χ4n) is 3.05. The van der Waals surface area contributed by atoms with Crippen molar-refractivity contribution in [3.8, 4) is 0 Å². The quantitative estimate of drug-likeness (QED) is 0.783. The smallest absolute Gasteiger partial charge is 0.0608 e. The number of hydrogen-bond acceptors (Lipinski definition) is 1. The minimum atomic E-state index is -0.158. The summed E-state index contributed by atoms with van der Waals surface area (Å²) in [5.74, 6) is 0.329. The highest BCUT2D eigenvalue weighted by Crippen LogP contribution is 2.36. The maximum absolute atomic E-state index is 10.2. The molecule has 0 bridgehead atoms. The summed E-state index contributed by atoms with van der Waals surface area (Å²) in [6, 6.07) is 14.9. The van der Waals surface area contributed by atoms with Gasteiger partial charge in [0.05, 0.1) is 6.10 Å². The molecule has 3 rings (SSSR count). The van der Waals surface area contributed by atoms with E-state index >= 15 is 0 Å². The molecular weight excluding hydrogens is 208 g/mol. The zero-order chi connectivity index (χ0) is 11.7. The van der Waals surface area contributed by atoms with Crippen molar-refractivity contribution in [3.05, 3.63) is 48.0 Å². The van der Waals surface area contributed by atoms with Crippen molar-refractivity contribution in [1.82, 2.24) is 0 Å². The van der Waals surface area contributed by atoms with E-state index in [0.29, 0.717) is 5.92 Å². The number of aliphatic hydroxyl groups is 1. The number of aliphatic hydroxyl groups excluding tert-OH is 1. The van der Waals surface area contributed by atoms with Crippen molar-refractivity contribution in [1.29, 1.82) is 0 Å². The normalized spacial score (nSPS) is 25.0. The number of fused-ring (bicyclic) bond motifs is 1. The van der Waals surface area contributed by atoms with Gasteiger partial charge in [-0.15, -0.1) is 0 Å². The second-order valence-electron chi connectivity index (χ2n) is 5.03. The fourth-order valence-corrected chi connectivity index (χ4v) is 3.05. The predicted molar refractivity (Wildman–Crippen MR) is 71.2 cm³/mol. The Balaban J connectivity index is 2.10. The Hall–Kier alpha value is -1.34. The highest BCUT2D eigenvalue weighted by molar-refractivity contribution is 5.86. The van der Waals surface area contributed by atoms with Gasteiger partial charge in [0, 0.05) is 5.92 Å². The first-order valence-electron chi connectivity index (χ1n) is 6.52. The summed E-state index contributed by atoms with van der Waals surface area (Å²) >= 11 is 0. The van der Waals surface area contributed by atoms with Crippen LogP contribution in [-0.4, -0.2) is 11.2 Å². The summed E-state index contributed by atoms with van der Waals surface area (Å²) in [4.78, 5) is 0. The average molecular weight is 226 g/mol. The Kier molecular flexibility index (Phi) is 2.86. The van der Waals surface area contributed by atoms with E-state index in [2.05, 4.69) is 42.5 Å². The Morgan fingerprint density at radius 1 is 0.882 bits per heavy atom. The summed E-state index contributed by atoms with van der Waals surface area (Å²) < 4.78 is 0. The minimum Gasteiger partial charge on any atom is -0.392 e. The molecule has 0 radical (unpaired) electrons. The van der Waals surface area contributed by atoms with Crippen molar-refractivity contribution in [2.75, 3.05) is 0 Å². The molecule has 0 heterocycles. The highest BCUT2D eigenvalue weighted by atomic mass is 16.3. The molecule has 2 atom stereocenters. The molecule has 2 aromatic rings. The molecule has 1 aliphatic rings. The van der Waals surface area contributed by atoms with Crippen molar-refractivity contribution in [3.63, 3.8) is 0 Å². The maximum atomic E-state index is 10.2. The lowest BCUT2D eigenvalue weighted by molar-refractivity contribution is 0.107. The maximum Gasteiger partial charge on any atom is 0.0608 e. The van der Waals surface area contributed by atoms with E-state index < -0.39 is 0 Å². The van der Waals surface area contributed by atoms with Crippen LogP contribution >= 0.6 is 0 Å². The summed E-state index contributed by atoms with van der Waals surface area (Å²) in [7, 11) is 0. The lowest BCUT2D eigenvalue weighted by Crippen LogP contribution is -2.22. The van der Waals surface area contributed by atoms with Gasteiger partial charge in [0.25, 0.3) is 0 Å². The molecule has 88 valence electrons. The molecule has 1 N–H and O–H groups in total. The SMILES string of the molecule is O[C@@H]1CCCC[C@H]1c1cccc2ccccc12. The van der Waals surface area contributed by atoms with Crippen LogP contribution < -0.4 is 0 Å². The molecule has 17 heavy (non-hydrogen) atoms. The van der Waals surface area contributed by atoms with Gasteiger partial charge < -0.3 is 5.11 Å². The standard InChI is InChI=1S/C16H18O/c17-16-11-4-3-9-15(16)14-10-5-7-12-6-1-2-8-13(12)14/h1-2,5-8,10,15-17H,3-4,9,11H2/t15-,16+/m0/s1. The molecule has 0 unspecified atom stereocenters. The molecule has 0 aliphatic heterocycles. The van der Waals surface area contributed by atoms with Gasteiger partial charge >= 0.3 is 0 Å². The van der Waals surface area contributed by atoms with Gasteiger partial charge in [-0.05, 0) is 29.2 Å². The van der Waals surface area contributed by atoms with Gasteiger partial charge in [-0.3, -0.25) is 0 Å². The zero-order valence-electron chi connectivity index (χ0n) is 9.97. The van der Waals surface area contributed by atoms with Gasteiger partial charge in [-0.1, -0.05) is 55.3 Å². The molecule has 1 aliphatic carbocycles. The molecule has 1 fully saturated rings. The molecule has 2 aromatic carbocycles. The number of benzene rings is 2. The molecule has 0 aromatic heterocycles. The molecule has 0 amide bonds. The van der Waals surface area contributed by atoms with Gasteiger partial charge in [-0.2, -0.15) is 0 Å². The zero-order valence-corrected chi connectivity index (χ0v) is 9.97. The Morgan fingerprint density at radius 2 is 1.65 bits per heavy atom. The van der Waals surface area contributed by atoms with Crippen LogP contribution in [0.15, 0.2) is 42.5 Å². The van der Waals surface area contributed by atoms with Crippen LogP contribution in [0.25, 0.3) is 10.8 Å². The Bertz CT molecular complexity index is 512. The van der Waals surface area contributed by atoms with Gasteiger partial charge in [0.2, 0.25) is 0 Å². The molecular formula is C16H18O. The van der Waals surface area contributed by atoms with E-state index in [0.717, 1.165) is 12.8 Å². The van der Waals surface area contributed by atoms with E-state index in [9.17, 15) is 5.11 Å². The fraction of sp³-hybridized carbons (Fsp3) is 0.375. The van der Waals surface area contributed by atoms with Crippen LogP contribution in [0.1, 0.15) is 37.2 Å². The van der Waals surface area contributed by atoms with Crippen LogP contribution in [0.5, 0.6) is 0 Å². The molecule has 0 saturated heterocycles. The Labute approximate surface area is 102 Å². The first-order valence-corrected chi connectivity index (χ1v) is 6.52. The van der Waals surface area contributed by atoms with E-state index in [1.807, 2.05) is 0 Å². The lowest BCUT2D eigenvalue weighted by Gasteiger charge is -2.28. The molecule has 1 nitrogen and oxygen atoms in total. The monoisotopic (exact) mass is 226 g/mol. The summed E-state index contributed by atoms with van der Waals surface area (Å²) in [5, 5.41) is 12.8. The van der Waals surface area contributed by atoms with Crippen molar-refractivity contribution in [2.45, 2.75) is 37.7 Å². The van der Waals surface area contributed by atoms with Crippen molar-refractivity contribution in [2.24, 2.45) is 0 Å². The largest absolute Gasteiger partial charge is 0.392 e. The Morgan fingerprint density at radius 3 is 2.53 bits per heavy atom. The number of hydrogen-bond donors (Lipinski definition) is 1. The van der Waals surface area contributed by atoms with Crippen LogP contribution in [0, 0.1) is 0 Å². The first-order chi connectivity index (χ1) is 8.36. The average Bonchev–Trinajstić information content (AvgIpc) is 2.39. The molecule has 0 spiro atoms. The van der Waals surface area contributed by atoms with Crippen LogP contribution in [0.2, 0.25) is 0 Å². The number of rotatable bonds is 1. The van der Waals surface area contributed by atoms with E-state index in [-0.39, 0.29) is 6.10 Å². The lowest BCUT2D eigenvalue weighted by atomic mass is 9.80. The predicted octanol–water partition coefficient (Wildman–Crippen LogP) is 3.86. The van der Waals surface area contributed by atoms with Crippen LogP contribution in [-0.2, 0) is 0 Å². The van der Waals surface area contributed by atoms with E-state index in [4.69, 9.17) is 0 Å². The molecule has 1 heteroatoms. The second-order valence-corrected chi connectivity index (χ2v) is 5.03. The summed E-state index contributed by atoms with van der Waals surface area (Å²) in [5.41, 5.74) is 1.33. The van der Waals surface area contributed by atoms with E-state index in [1.165, 1.54) is 29.2 Å². The van der Waals surface area contributed by atoms with Crippen molar-refractivity contribution >= 4 is 10.8 Å². The van der Waals surface area contributed by atoms with Gasteiger partial charge in [-0.25, -0.2) is 0 Å². The van der Waals surface area contributed by atoms with Crippen LogP contribution in [0.4, 0.5) is 0 Å². The third-order valence-electron chi connectivity index (χ3n) is 3.95. The van der Waals surface area contributed by atoms with Crippen LogP contribution in [0.3, 0.4) is 0 Å². The summed E-state index contributed by atoms with van der Waals surface area (Å²) in [6.45, 7) is 0. The minimum absolute atomic E-state index is 0.158. The molecule has 1 saturated carbocycles. The van der Waals surface area contributed by atoms with Crippen molar-refractivity contribution < 1.29 is 5.11 Å². The first kappa shape index (κ1) is 10.8. The van der Waals surface area contributed by atoms with Gasteiger partial charge in [0.1, 0.15) is 0 Å². The van der Waals surface area contributed by atoms with Gasteiger partial charge in [0.15, 0.2) is 0 Å². The topological polar surface area (TPSA) is 20.2 Å². The third-order valence-corrected chi connectivity index (χ3v) is 3.95.